The first-order valence-electron chi connectivity index (χ1n) is 3.19. The van der Waals surface area contributed by atoms with Crippen molar-refractivity contribution in [3.05, 3.63) is 41.5 Å². The van der Waals surface area contributed by atoms with E-state index in [2.05, 4.69) is 9.83 Å². The molecule has 3 nitrogen and oxygen atoms in total. The second kappa shape index (κ2) is 2.69. The van der Waals surface area contributed by atoms with Crippen LogP contribution in [0.3, 0.4) is 0 Å². The fourth-order valence-corrected chi connectivity index (χ4v) is 0.700. The molecule has 1 rings (SSSR count). The maximum absolute atomic E-state index is 9.38. The van der Waals surface area contributed by atoms with Crippen molar-refractivity contribution in [3.63, 3.8) is 0 Å². The number of aromatic nitrogens is 1. The smallest absolute Gasteiger partial charge is 0.319 e. The Bertz CT molecular complexity index is 274. The summed E-state index contributed by atoms with van der Waals surface area (Å²) >= 11 is 0. The Morgan fingerprint density at radius 3 is 2.82 bits per heavy atom. The molecule has 3 heteroatoms. The highest BCUT2D eigenvalue weighted by molar-refractivity contribution is 5.14. The van der Waals surface area contributed by atoms with Crippen LogP contribution in [0.25, 0.3) is 4.85 Å². The monoisotopic (exact) mass is 148 g/mol. The summed E-state index contributed by atoms with van der Waals surface area (Å²) in [5.74, 6) is 0. The second-order valence-electron chi connectivity index (χ2n) is 2.35. The van der Waals surface area contributed by atoms with Crippen LogP contribution >= 0.6 is 0 Å². The minimum absolute atomic E-state index is 0.384. The van der Waals surface area contributed by atoms with Gasteiger partial charge in [-0.3, -0.25) is 4.85 Å². The fraction of sp³-hybridized carbons (Fsp3) is 0.250. The number of hydrogen-bond acceptors (Lipinski definition) is 2. The highest BCUT2D eigenvalue weighted by Gasteiger charge is 2.29. The van der Waals surface area contributed by atoms with Crippen LogP contribution in [0.1, 0.15) is 12.6 Å². The van der Waals surface area contributed by atoms with Gasteiger partial charge in [-0.2, -0.15) is 0 Å². The molecule has 1 N–H and O–H groups in total. The quantitative estimate of drug-likeness (QED) is 0.607. The van der Waals surface area contributed by atoms with Crippen molar-refractivity contribution < 1.29 is 5.11 Å². The van der Waals surface area contributed by atoms with Gasteiger partial charge in [0.1, 0.15) is 0 Å². The number of pyridine rings is 1. The van der Waals surface area contributed by atoms with E-state index < -0.39 is 5.72 Å². The molecule has 56 valence electrons. The number of rotatable bonds is 1. The first-order chi connectivity index (χ1) is 5.17. The molecule has 0 fully saturated rings. The molecule has 1 aromatic heterocycles. The van der Waals surface area contributed by atoms with Crippen LogP contribution < -0.4 is 0 Å². The SMILES string of the molecule is [C-]#[N+]C(C)(O)c1ccccn1. The molecule has 0 spiro atoms. The molecule has 1 atom stereocenters. The van der Waals surface area contributed by atoms with E-state index in [0.717, 1.165) is 0 Å². The molecule has 0 saturated heterocycles. The van der Waals surface area contributed by atoms with Gasteiger partial charge in [-0.15, -0.1) is 0 Å². The van der Waals surface area contributed by atoms with Crippen LogP contribution in [0.2, 0.25) is 0 Å². The fourth-order valence-electron chi connectivity index (χ4n) is 0.700. The summed E-state index contributed by atoms with van der Waals surface area (Å²) in [5, 5.41) is 9.38. The van der Waals surface area contributed by atoms with Crippen molar-refractivity contribution in [3.8, 4) is 0 Å². The van der Waals surface area contributed by atoms with Crippen molar-refractivity contribution in [1.29, 1.82) is 0 Å². The predicted molar refractivity (Wildman–Crippen MR) is 40.4 cm³/mol. The van der Waals surface area contributed by atoms with Gasteiger partial charge in [-0.25, -0.2) is 11.6 Å². The van der Waals surface area contributed by atoms with Gasteiger partial charge in [0.25, 0.3) is 0 Å². The Kier molecular flexibility index (Phi) is 1.88. The van der Waals surface area contributed by atoms with E-state index in [1.807, 2.05) is 0 Å². The average Bonchev–Trinajstić information content (AvgIpc) is 2.06. The summed E-state index contributed by atoms with van der Waals surface area (Å²) in [5.41, 5.74) is -1.10. The van der Waals surface area contributed by atoms with Gasteiger partial charge in [0.15, 0.2) is 5.69 Å². The molecular formula is C8H8N2O. The van der Waals surface area contributed by atoms with E-state index in [1.165, 1.54) is 6.92 Å². The van der Waals surface area contributed by atoms with Gasteiger partial charge in [0.05, 0.1) is 0 Å². The largest absolute Gasteiger partial charge is 0.375 e. The van der Waals surface area contributed by atoms with Crippen LogP contribution in [0.4, 0.5) is 0 Å². The van der Waals surface area contributed by atoms with Crippen molar-refractivity contribution >= 4 is 0 Å². The van der Waals surface area contributed by atoms with Crippen molar-refractivity contribution in [2.75, 3.05) is 0 Å². The molecule has 1 aromatic rings. The molecule has 0 radical (unpaired) electrons. The highest BCUT2D eigenvalue weighted by Crippen LogP contribution is 2.18. The van der Waals surface area contributed by atoms with Gasteiger partial charge < -0.3 is 5.11 Å². The van der Waals surface area contributed by atoms with E-state index >= 15 is 0 Å². The normalized spacial score (nSPS) is 15.0. The first-order valence-corrected chi connectivity index (χ1v) is 3.19. The molecule has 0 aliphatic carbocycles. The van der Waals surface area contributed by atoms with Gasteiger partial charge in [0, 0.05) is 13.1 Å². The average molecular weight is 148 g/mol. The minimum Gasteiger partial charge on any atom is -0.319 e. The molecule has 0 aliphatic rings. The number of hydrogen-bond donors (Lipinski definition) is 1. The zero-order valence-corrected chi connectivity index (χ0v) is 6.15. The standard InChI is InChI=1S/C8H8N2O/c1-8(11,9-2)7-5-3-4-6-10-7/h3-6,11H,1H3. The van der Waals surface area contributed by atoms with E-state index in [0.29, 0.717) is 5.69 Å². The summed E-state index contributed by atoms with van der Waals surface area (Å²) in [6.45, 7) is 8.10. The summed E-state index contributed by atoms with van der Waals surface area (Å²) in [4.78, 5) is 6.89. The summed E-state index contributed by atoms with van der Waals surface area (Å²) in [7, 11) is 0. The molecule has 0 amide bonds. The molecule has 1 unspecified atom stereocenters. The number of aliphatic hydroxyl groups is 1. The molecule has 11 heavy (non-hydrogen) atoms. The van der Waals surface area contributed by atoms with Crippen LogP contribution in [0.15, 0.2) is 24.4 Å². The summed E-state index contributed by atoms with van der Waals surface area (Å²) in [6.07, 6.45) is 1.55. The van der Waals surface area contributed by atoms with Crippen LogP contribution in [-0.4, -0.2) is 10.1 Å². The van der Waals surface area contributed by atoms with Gasteiger partial charge in [0.2, 0.25) is 0 Å². The van der Waals surface area contributed by atoms with Crippen LogP contribution in [-0.2, 0) is 5.72 Å². The third-order valence-electron chi connectivity index (χ3n) is 1.37. The summed E-state index contributed by atoms with van der Waals surface area (Å²) in [6, 6.07) is 5.10. The maximum atomic E-state index is 9.38. The molecule has 0 aromatic carbocycles. The van der Waals surface area contributed by atoms with E-state index in [4.69, 9.17) is 6.57 Å². The van der Waals surface area contributed by atoms with Gasteiger partial charge in [-0.05, 0) is 12.1 Å². The Labute approximate surface area is 65.1 Å². The Hall–Kier alpha value is -1.40. The lowest BCUT2D eigenvalue weighted by Crippen LogP contribution is -2.16. The predicted octanol–water partition coefficient (Wildman–Crippen LogP) is 1.17. The second-order valence-corrected chi connectivity index (χ2v) is 2.35. The number of nitrogens with zero attached hydrogens (tertiary/aromatic N) is 2. The maximum Gasteiger partial charge on any atom is 0.375 e. The van der Waals surface area contributed by atoms with Crippen molar-refractivity contribution in [2.45, 2.75) is 12.6 Å². The van der Waals surface area contributed by atoms with Crippen molar-refractivity contribution in [2.24, 2.45) is 0 Å². The third kappa shape index (κ3) is 1.54. The topological polar surface area (TPSA) is 37.5 Å². The Balaban J connectivity index is 3.05. The highest BCUT2D eigenvalue weighted by atomic mass is 16.3. The van der Waals surface area contributed by atoms with Gasteiger partial charge in [-0.1, -0.05) is 6.07 Å². The lowest BCUT2D eigenvalue weighted by atomic mass is 10.2. The molecule has 0 saturated carbocycles. The minimum atomic E-state index is -1.48. The van der Waals surface area contributed by atoms with Crippen LogP contribution in [0, 0.1) is 6.57 Å². The molecule has 0 bridgehead atoms. The third-order valence-corrected chi connectivity index (χ3v) is 1.37. The molecule has 1 heterocycles. The zero-order valence-electron chi connectivity index (χ0n) is 6.15. The first kappa shape index (κ1) is 7.70. The lowest BCUT2D eigenvalue weighted by molar-refractivity contribution is 0.103. The van der Waals surface area contributed by atoms with Crippen molar-refractivity contribution in [1.82, 2.24) is 4.98 Å². The van der Waals surface area contributed by atoms with Crippen LogP contribution in [0.5, 0.6) is 0 Å². The van der Waals surface area contributed by atoms with E-state index in [1.54, 1.807) is 24.4 Å². The lowest BCUT2D eigenvalue weighted by Gasteiger charge is -2.06. The summed E-state index contributed by atoms with van der Waals surface area (Å²) < 4.78 is 0. The Morgan fingerprint density at radius 2 is 2.36 bits per heavy atom. The van der Waals surface area contributed by atoms with E-state index in [-0.39, 0.29) is 0 Å². The molecule has 0 aliphatic heterocycles. The zero-order chi connectivity index (χ0) is 8.32. The molecular weight excluding hydrogens is 140 g/mol. The van der Waals surface area contributed by atoms with Gasteiger partial charge >= 0.3 is 5.72 Å². The Morgan fingerprint density at radius 1 is 1.64 bits per heavy atom. The van der Waals surface area contributed by atoms with E-state index in [9.17, 15) is 5.11 Å².